The van der Waals surface area contributed by atoms with Crippen LogP contribution in [-0.4, -0.2) is 28.8 Å². The van der Waals surface area contributed by atoms with Crippen molar-refractivity contribution in [3.63, 3.8) is 0 Å². The Balaban J connectivity index is 2.16. The van der Waals surface area contributed by atoms with Crippen molar-refractivity contribution < 1.29 is 4.74 Å². The molecule has 0 spiro atoms. The van der Waals surface area contributed by atoms with Crippen molar-refractivity contribution in [2.24, 2.45) is 5.92 Å². The largest absolute Gasteiger partial charge is 0.495 e. The monoisotopic (exact) mass is 307 g/mol. The molecule has 7 heteroatoms. The molecular weight excluding hydrogens is 290 g/mol. The highest BCUT2D eigenvalue weighted by Gasteiger charge is 2.07. The van der Waals surface area contributed by atoms with Gasteiger partial charge in [-0.25, -0.2) is 0 Å². The lowest BCUT2D eigenvalue weighted by Gasteiger charge is -2.11. The van der Waals surface area contributed by atoms with Gasteiger partial charge in [0.05, 0.1) is 19.0 Å². The highest BCUT2D eigenvalue weighted by atomic mass is 35.5. The molecule has 1 aromatic heterocycles. The highest BCUT2D eigenvalue weighted by Crippen LogP contribution is 2.29. The number of hydrogen-bond donors (Lipinski definition) is 2. The summed E-state index contributed by atoms with van der Waals surface area (Å²) in [5, 5.41) is 14.7. The van der Waals surface area contributed by atoms with Gasteiger partial charge in [-0.2, -0.15) is 10.1 Å². The van der Waals surface area contributed by atoms with Crippen LogP contribution in [0.15, 0.2) is 24.4 Å². The molecular formula is C14H18ClN5O. The molecule has 0 atom stereocenters. The van der Waals surface area contributed by atoms with E-state index in [9.17, 15) is 0 Å². The van der Waals surface area contributed by atoms with Gasteiger partial charge in [0.1, 0.15) is 5.75 Å². The van der Waals surface area contributed by atoms with E-state index in [1.54, 1.807) is 31.5 Å². The quantitative estimate of drug-likeness (QED) is 0.852. The van der Waals surface area contributed by atoms with E-state index in [0.717, 1.165) is 6.54 Å². The van der Waals surface area contributed by atoms with Crippen LogP contribution in [0.1, 0.15) is 13.8 Å². The molecule has 2 rings (SSSR count). The van der Waals surface area contributed by atoms with E-state index in [2.05, 4.69) is 39.7 Å². The number of halogens is 1. The Kier molecular flexibility index (Phi) is 5.16. The number of methoxy groups -OCH3 is 1. The van der Waals surface area contributed by atoms with E-state index in [4.69, 9.17) is 16.3 Å². The molecule has 0 unspecified atom stereocenters. The summed E-state index contributed by atoms with van der Waals surface area (Å²) in [4.78, 5) is 4.35. The molecule has 0 aliphatic rings. The molecule has 1 heterocycles. The third kappa shape index (κ3) is 4.46. The second kappa shape index (κ2) is 7.08. The zero-order chi connectivity index (χ0) is 15.2. The predicted octanol–water partition coefficient (Wildman–Crippen LogP) is 3.35. The second-order valence-corrected chi connectivity index (χ2v) is 5.35. The van der Waals surface area contributed by atoms with E-state index < -0.39 is 0 Å². The second-order valence-electron chi connectivity index (χ2n) is 4.91. The van der Waals surface area contributed by atoms with Crippen molar-refractivity contribution >= 4 is 29.1 Å². The number of hydrogen-bond acceptors (Lipinski definition) is 6. The minimum absolute atomic E-state index is 0.379. The van der Waals surface area contributed by atoms with E-state index in [1.807, 2.05) is 0 Å². The Morgan fingerprint density at radius 3 is 2.86 bits per heavy atom. The Morgan fingerprint density at radius 2 is 2.14 bits per heavy atom. The van der Waals surface area contributed by atoms with Gasteiger partial charge in [-0.15, -0.1) is 5.10 Å². The SMILES string of the molecule is COc1ccc(Cl)cc1Nc1nncc(NCC(C)C)n1. The van der Waals surface area contributed by atoms with Crippen LogP contribution < -0.4 is 15.4 Å². The molecule has 112 valence electrons. The van der Waals surface area contributed by atoms with Crippen LogP contribution in [0.25, 0.3) is 0 Å². The highest BCUT2D eigenvalue weighted by molar-refractivity contribution is 6.30. The van der Waals surface area contributed by atoms with Gasteiger partial charge in [0.15, 0.2) is 5.82 Å². The molecule has 0 radical (unpaired) electrons. The van der Waals surface area contributed by atoms with E-state index in [1.165, 1.54) is 0 Å². The van der Waals surface area contributed by atoms with Crippen molar-refractivity contribution in [3.05, 3.63) is 29.4 Å². The van der Waals surface area contributed by atoms with Crippen LogP contribution in [0.2, 0.25) is 5.02 Å². The molecule has 1 aromatic carbocycles. The zero-order valence-corrected chi connectivity index (χ0v) is 13.0. The van der Waals surface area contributed by atoms with Gasteiger partial charge in [-0.3, -0.25) is 0 Å². The van der Waals surface area contributed by atoms with Crippen LogP contribution in [-0.2, 0) is 0 Å². The number of aromatic nitrogens is 3. The normalized spacial score (nSPS) is 10.5. The lowest BCUT2D eigenvalue weighted by molar-refractivity contribution is 0.417. The number of nitrogens with zero attached hydrogens (tertiary/aromatic N) is 3. The molecule has 0 aliphatic heterocycles. The fraction of sp³-hybridized carbons (Fsp3) is 0.357. The third-order valence-electron chi connectivity index (χ3n) is 2.66. The minimum atomic E-state index is 0.379. The lowest BCUT2D eigenvalue weighted by atomic mass is 10.2. The standard InChI is InChI=1S/C14H18ClN5O/c1-9(2)7-16-13-8-17-20-14(19-13)18-11-6-10(15)4-5-12(11)21-3/h4-6,8-9H,7H2,1-3H3,(H2,16,18,19,20). The van der Waals surface area contributed by atoms with Crippen LogP contribution >= 0.6 is 11.6 Å². The smallest absolute Gasteiger partial charge is 0.249 e. The van der Waals surface area contributed by atoms with Gasteiger partial charge in [-0.05, 0) is 24.1 Å². The number of ether oxygens (including phenoxy) is 1. The van der Waals surface area contributed by atoms with Crippen LogP contribution in [0.3, 0.4) is 0 Å². The minimum Gasteiger partial charge on any atom is -0.495 e. The fourth-order valence-corrected chi connectivity index (χ4v) is 1.82. The maximum Gasteiger partial charge on any atom is 0.249 e. The summed E-state index contributed by atoms with van der Waals surface area (Å²) in [6.07, 6.45) is 1.59. The van der Waals surface area contributed by atoms with Gasteiger partial charge in [0.25, 0.3) is 0 Å². The number of benzene rings is 1. The summed E-state index contributed by atoms with van der Waals surface area (Å²) in [6, 6.07) is 5.28. The Labute approximate surface area is 128 Å². The lowest BCUT2D eigenvalue weighted by Crippen LogP contribution is -2.11. The molecule has 0 aliphatic carbocycles. The van der Waals surface area contributed by atoms with Crippen molar-refractivity contribution in [2.75, 3.05) is 24.3 Å². The first kappa shape index (κ1) is 15.3. The maximum atomic E-state index is 5.99. The van der Waals surface area contributed by atoms with Gasteiger partial charge < -0.3 is 15.4 Å². The van der Waals surface area contributed by atoms with Gasteiger partial charge in [0, 0.05) is 11.6 Å². The number of nitrogens with one attached hydrogen (secondary N) is 2. The number of rotatable bonds is 6. The topological polar surface area (TPSA) is 72.0 Å². The molecule has 21 heavy (non-hydrogen) atoms. The van der Waals surface area contributed by atoms with Crippen LogP contribution in [0.4, 0.5) is 17.5 Å². The van der Waals surface area contributed by atoms with Crippen molar-refractivity contribution in [3.8, 4) is 5.75 Å². The van der Waals surface area contributed by atoms with Crippen LogP contribution in [0, 0.1) is 5.92 Å². The van der Waals surface area contributed by atoms with E-state index >= 15 is 0 Å². The summed E-state index contributed by atoms with van der Waals surface area (Å²) >= 11 is 5.99. The molecule has 2 N–H and O–H groups in total. The molecule has 2 aromatic rings. The molecule has 0 fully saturated rings. The Hall–Kier alpha value is -2.08. The van der Waals surface area contributed by atoms with Crippen molar-refractivity contribution in [1.82, 2.24) is 15.2 Å². The average molecular weight is 308 g/mol. The summed E-state index contributed by atoms with van der Waals surface area (Å²) in [5.41, 5.74) is 0.688. The van der Waals surface area contributed by atoms with Crippen molar-refractivity contribution in [1.29, 1.82) is 0 Å². The third-order valence-corrected chi connectivity index (χ3v) is 2.89. The van der Waals surface area contributed by atoms with E-state index in [0.29, 0.717) is 34.1 Å². The first-order chi connectivity index (χ1) is 10.1. The van der Waals surface area contributed by atoms with Gasteiger partial charge in [0.2, 0.25) is 5.95 Å². The first-order valence-electron chi connectivity index (χ1n) is 6.62. The Bertz CT molecular complexity index is 606. The molecule has 0 saturated carbocycles. The summed E-state index contributed by atoms with van der Waals surface area (Å²) in [6.45, 7) is 5.06. The maximum absolute atomic E-state index is 5.99. The molecule has 0 amide bonds. The van der Waals surface area contributed by atoms with Gasteiger partial charge >= 0.3 is 0 Å². The van der Waals surface area contributed by atoms with Crippen LogP contribution in [0.5, 0.6) is 5.75 Å². The molecule has 0 bridgehead atoms. The Morgan fingerprint density at radius 1 is 1.33 bits per heavy atom. The zero-order valence-electron chi connectivity index (χ0n) is 12.2. The van der Waals surface area contributed by atoms with Crippen molar-refractivity contribution in [2.45, 2.75) is 13.8 Å². The first-order valence-corrected chi connectivity index (χ1v) is 7.00. The molecule has 0 saturated heterocycles. The summed E-state index contributed by atoms with van der Waals surface area (Å²) < 4.78 is 5.27. The predicted molar refractivity (Wildman–Crippen MR) is 84.4 cm³/mol. The fourth-order valence-electron chi connectivity index (χ4n) is 1.65. The van der Waals surface area contributed by atoms with Gasteiger partial charge in [-0.1, -0.05) is 25.4 Å². The summed E-state index contributed by atoms with van der Waals surface area (Å²) in [7, 11) is 1.59. The van der Waals surface area contributed by atoms with E-state index in [-0.39, 0.29) is 0 Å². The number of anilines is 3. The molecule has 6 nitrogen and oxygen atoms in total. The summed E-state index contributed by atoms with van der Waals surface area (Å²) in [5.74, 6) is 2.22. The average Bonchev–Trinajstić information content (AvgIpc) is 2.46.